The molecule has 2 aliphatic rings. The fourth-order valence-electron chi connectivity index (χ4n) is 2.92. The lowest BCUT2D eigenvalue weighted by atomic mass is 10.2. The third-order valence-corrected chi connectivity index (χ3v) is 5.37. The van der Waals surface area contributed by atoms with Gasteiger partial charge in [0, 0.05) is 38.6 Å². The van der Waals surface area contributed by atoms with Gasteiger partial charge in [-0.2, -0.15) is 0 Å². The van der Waals surface area contributed by atoms with Crippen LogP contribution in [0, 0.1) is 0 Å². The monoisotopic (exact) mass is 500 g/mol. The van der Waals surface area contributed by atoms with Gasteiger partial charge in [0.2, 0.25) is 0 Å². The summed E-state index contributed by atoms with van der Waals surface area (Å²) in [5.41, 5.74) is 2.61. The van der Waals surface area contributed by atoms with Crippen molar-refractivity contribution in [3.63, 3.8) is 0 Å². The van der Waals surface area contributed by atoms with E-state index in [2.05, 4.69) is 46.6 Å². The zero-order valence-electron chi connectivity index (χ0n) is 18.0. The Balaban J connectivity index is 0.000000502. The number of hydrogen-bond donors (Lipinski definition) is 2. The molecule has 2 aliphatic heterocycles. The van der Waals surface area contributed by atoms with Crippen LogP contribution in [-0.4, -0.2) is 73.4 Å². The molecule has 0 aliphatic carbocycles. The zero-order chi connectivity index (χ0) is 22.2. The number of benzene rings is 2. The summed E-state index contributed by atoms with van der Waals surface area (Å²) in [7, 11) is 0. The number of alkyl halides is 2. The summed E-state index contributed by atoms with van der Waals surface area (Å²) in [6.07, 6.45) is 0.598. The molecule has 33 heavy (non-hydrogen) atoms. The van der Waals surface area contributed by atoms with Crippen molar-refractivity contribution in [2.75, 3.05) is 51.2 Å². The van der Waals surface area contributed by atoms with Crippen LogP contribution >= 0.6 is 23.2 Å². The average Bonchev–Trinajstić information content (AvgIpc) is 3.67. The second-order valence-electron chi connectivity index (χ2n) is 7.36. The van der Waals surface area contributed by atoms with Gasteiger partial charge < -0.3 is 19.9 Å². The highest BCUT2D eigenvalue weighted by molar-refractivity contribution is 6.18. The molecule has 2 unspecified atom stereocenters. The number of ether oxygens (including phenoxy) is 2. The number of nitrogens with one attached hydrogen (secondary N) is 1. The third-order valence-electron chi connectivity index (χ3n) is 4.68. The molecule has 2 N–H and O–H groups in total. The predicted molar refractivity (Wildman–Crippen MR) is 141 cm³/mol. The first-order chi connectivity index (χ1) is 15.2. The summed E-state index contributed by atoms with van der Waals surface area (Å²) in [5, 5.41) is 11.6. The van der Waals surface area contributed by atoms with Gasteiger partial charge in [-0.05, 0) is 11.1 Å². The standard InChI is InChI=1S/C12H16ClNO.C9H13NO.C3H5ClO.2CH4/c13-8-12-10-14(6-7-15-12)9-11-4-2-1-3-5-11;11-7-6-10-8-9-4-2-1-3-5-9;4-1-3-2-5-3;;/h1-5,12H,6-10H2;1-5,10-11H,6-8H2;3H,1-2H2;2*1H4. The summed E-state index contributed by atoms with van der Waals surface area (Å²) >= 11 is 11.1. The Morgan fingerprint density at radius 2 is 1.45 bits per heavy atom. The van der Waals surface area contributed by atoms with E-state index in [-0.39, 0.29) is 27.6 Å². The minimum absolute atomic E-state index is 0. The van der Waals surface area contributed by atoms with E-state index in [4.69, 9.17) is 37.8 Å². The Hall–Kier alpha value is -1.18. The molecule has 7 heteroatoms. The van der Waals surface area contributed by atoms with Crippen molar-refractivity contribution in [3.05, 3.63) is 71.8 Å². The molecule has 0 aromatic heterocycles. The second kappa shape index (κ2) is 20.2. The second-order valence-corrected chi connectivity index (χ2v) is 7.98. The molecule has 2 heterocycles. The van der Waals surface area contributed by atoms with Crippen LogP contribution in [0.15, 0.2) is 60.7 Å². The number of rotatable bonds is 8. The molecule has 2 atom stereocenters. The highest BCUT2D eigenvalue weighted by Crippen LogP contribution is 2.11. The molecule has 0 spiro atoms. The van der Waals surface area contributed by atoms with E-state index < -0.39 is 0 Å². The van der Waals surface area contributed by atoms with Gasteiger partial charge >= 0.3 is 0 Å². The molecule has 2 saturated heterocycles. The highest BCUT2D eigenvalue weighted by atomic mass is 35.5. The average molecular weight is 502 g/mol. The van der Waals surface area contributed by atoms with Crippen LogP contribution in [0.2, 0.25) is 0 Å². The van der Waals surface area contributed by atoms with E-state index in [0.717, 1.165) is 39.4 Å². The first-order valence-electron chi connectivity index (χ1n) is 10.7. The molecule has 4 rings (SSSR count). The van der Waals surface area contributed by atoms with E-state index >= 15 is 0 Å². The lowest BCUT2D eigenvalue weighted by Crippen LogP contribution is -2.42. The van der Waals surface area contributed by atoms with E-state index in [9.17, 15) is 0 Å². The largest absolute Gasteiger partial charge is 0.395 e. The van der Waals surface area contributed by atoms with E-state index in [0.29, 0.717) is 24.4 Å². The molecule has 0 saturated carbocycles. The van der Waals surface area contributed by atoms with Gasteiger partial charge in [0.15, 0.2) is 0 Å². The summed E-state index contributed by atoms with van der Waals surface area (Å²) < 4.78 is 10.2. The van der Waals surface area contributed by atoms with E-state index in [1.165, 1.54) is 11.1 Å². The van der Waals surface area contributed by atoms with Crippen LogP contribution in [0.1, 0.15) is 26.0 Å². The van der Waals surface area contributed by atoms with E-state index in [1.54, 1.807) is 0 Å². The number of hydrogen-bond acceptors (Lipinski definition) is 5. The number of nitrogens with zero attached hydrogens (tertiary/aromatic N) is 1. The number of aliphatic hydroxyl groups excluding tert-OH is 1. The quantitative estimate of drug-likeness (QED) is 0.310. The summed E-state index contributed by atoms with van der Waals surface area (Å²) in [6.45, 7) is 6.31. The van der Waals surface area contributed by atoms with Gasteiger partial charge in [-0.25, -0.2) is 0 Å². The molecular weight excluding hydrogens is 459 g/mol. The molecule has 2 fully saturated rings. The van der Waals surface area contributed by atoms with Crippen molar-refractivity contribution in [3.8, 4) is 0 Å². The lowest BCUT2D eigenvalue weighted by molar-refractivity contribution is -0.0194. The summed E-state index contributed by atoms with van der Waals surface area (Å²) in [6, 6.07) is 20.7. The van der Waals surface area contributed by atoms with Crippen LogP contribution in [0.4, 0.5) is 0 Å². The molecule has 0 bridgehead atoms. The van der Waals surface area contributed by atoms with Gasteiger partial charge in [0.25, 0.3) is 0 Å². The summed E-state index contributed by atoms with van der Waals surface area (Å²) in [4.78, 5) is 2.39. The summed E-state index contributed by atoms with van der Waals surface area (Å²) in [5.74, 6) is 1.26. The lowest BCUT2D eigenvalue weighted by Gasteiger charge is -2.31. The molecule has 2 aromatic carbocycles. The van der Waals surface area contributed by atoms with Crippen LogP contribution in [0.3, 0.4) is 0 Å². The van der Waals surface area contributed by atoms with Gasteiger partial charge in [-0.15, -0.1) is 23.2 Å². The first kappa shape index (κ1) is 31.8. The smallest absolute Gasteiger partial charge is 0.0944 e. The minimum Gasteiger partial charge on any atom is -0.395 e. The SMILES string of the molecule is C.C.ClCC1CN(Cc2ccccc2)CCO1.ClCC1CO1.OCCNCc1ccccc1. The van der Waals surface area contributed by atoms with Gasteiger partial charge in [-0.1, -0.05) is 75.5 Å². The number of aliphatic hydroxyl groups is 1. The molecular formula is C26H42Cl2N2O3. The normalized spacial score (nSPS) is 18.9. The molecule has 0 amide bonds. The number of halogens is 2. The van der Waals surface area contributed by atoms with Gasteiger partial charge in [-0.3, -0.25) is 4.90 Å². The molecule has 0 radical (unpaired) electrons. The first-order valence-corrected chi connectivity index (χ1v) is 11.8. The Kier molecular flexibility index (Phi) is 19.5. The Labute approximate surface area is 211 Å². The van der Waals surface area contributed by atoms with Crippen molar-refractivity contribution in [2.45, 2.75) is 40.2 Å². The van der Waals surface area contributed by atoms with Crippen molar-refractivity contribution < 1.29 is 14.6 Å². The Morgan fingerprint density at radius 3 is 1.94 bits per heavy atom. The maximum absolute atomic E-state index is 8.48. The van der Waals surface area contributed by atoms with Crippen molar-refractivity contribution >= 4 is 23.2 Å². The van der Waals surface area contributed by atoms with Crippen molar-refractivity contribution in [1.29, 1.82) is 0 Å². The van der Waals surface area contributed by atoms with Crippen molar-refractivity contribution in [1.82, 2.24) is 10.2 Å². The maximum Gasteiger partial charge on any atom is 0.0944 e. The van der Waals surface area contributed by atoms with Crippen molar-refractivity contribution in [2.24, 2.45) is 0 Å². The highest BCUT2D eigenvalue weighted by Gasteiger charge is 2.20. The van der Waals surface area contributed by atoms with Crippen LogP contribution in [0.25, 0.3) is 0 Å². The van der Waals surface area contributed by atoms with Gasteiger partial charge in [0.1, 0.15) is 0 Å². The molecule has 188 valence electrons. The van der Waals surface area contributed by atoms with Crippen LogP contribution < -0.4 is 5.32 Å². The van der Waals surface area contributed by atoms with Gasteiger partial charge in [0.05, 0.1) is 37.9 Å². The maximum atomic E-state index is 8.48. The fraction of sp³-hybridized carbons (Fsp3) is 0.538. The topological polar surface area (TPSA) is 57.3 Å². The molecule has 2 aromatic rings. The Morgan fingerprint density at radius 1 is 0.879 bits per heavy atom. The molecule has 5 nitrogen and oxygen atoms in total. The van der Waals surface area contributed by atoms with E-state index in [1.807, 2.05) is 24.3 Å². The third kappa shape index (κ3) is 15.4. The predicted octanol–water partition coefficient (Wildman–Crippen LogP) is 4.79. The zero-order valence-corrected chi connectivity index (χ0v) is 19.5. The fourth-order valence-corrected chi connectivity index (χ4v) is 3.29. The van der Waals surface area contributed by atoms with Crippen LogP contribution in [-0.2, 0) is 22.6 Å². The van der Waals surface area contributed by atoms with Crippen LogP contribution in [0.5, 0.6) is 0 Å². The minimum atomic E-state index is 0. The Bertz CT molecular complexity index is 676. The number of morpholine rings is 1. The number of epoxide rings is 1.